The summed E-state index contributed by atoms with van der Waals surface area (Å²) in [4.78, 5) is 25.5. The Balaban J connectivity index is 1.80. The summed E-state index contributed by atoms with van der Waals surface area (Å²) in [6, 6.07) is 10.4. The van der Waals surface area contributed by atoms with Crippen LogP contribution in [0, 0.1) is 0 Å². The maximum Gasteiger partial charge on any atom is 0.277 e. The molecule has 8 heteroatoms. The SMILES string of the molecule is CN(C)C(=O)Cn1cc(C(=O)Nc2cccc3ccc(O)cc23)nn1. The number of carbonyl (C=O) groups is 2. The van der Waals surface area contributed by atoms with Crippen LogP contribution in [-0.4, -0.2) is 50.9 Å². The second-order valence-electron chi connectivity index (χ2n) is 5.75. The van der Waals surface area contributed by atoms with E-state index < -0.39 is 5.91 Å². The molecule has 1 heterocycles. The number of hydrogen-bond donors (Lipinski definition) is 2. The highest BCUT2D eigenvalue weighted by molar-refractivity contribution is 6.08. The molecule has 0 aliphatic rings. The van der Waals surface area contributed by atoms with Gasteiger partial charge in [-0.05, 0) is 23.6 Å². The van der Waals surface area contributed by atoms with Crippen LogP contribution in [0.25, 0.3) is 10.8 Å². The summed E-state index contributed by atoms with van der Waals surface area (Å²) in [6.45, 7) is 0.00935. The highest BCUT2D eigenvalue weighted by atomic mass is 16.3. The third-order valence-electron chi connectivity index (χ3n) is 3.68. The monoisotopic (exact) mass is 339 g/mol. The third kappa shape index (κ3) is 3.57. The fraction of sp³-hybridized carbons (Fsp3) is 0.176. The van der Waals surface area contributed by atoms with Gasteiger partial charge in [-0.2, -0.15) is 0 Å². The number of rotatable bonds is 4. The number of nitrogens with zero attached hydrogens (tertiary/aromatic N) is 4. The molecule has 0 unspecified atom stereocenters. The predicted molar refractivity (Wildman–Crippen MR) is 92.3 cm³/mol. The zero-order valence-electron chi connectivity index (χ0n) is 13.8. The van der Waals surface area contributed by atoms with Crippen LogP contribution >= 0.6 is 0 Å². The molecule has 2 amide bonds. The molecule has 2 aromatic carbocycles. The van der Waals surface area contributed by atoms with Crippen LogP contribution < -0.4 is 5.32 Å². The Morgan fingerprint density at radius 1 is 1.24 bits per heavy atom. The van der Waals surface area contributed by atoms with Crippen molar-refractivity contribution in [3.8, 4) is 5.75 Å². The van der Waals surface area contributed by atoms with Crippen LogP contribution in [0.5, 0.6) is 5.75 Å². The molecule has 0 radical (unpaired) electrons. The number of phenolic OH excluding ortho intramolecular Hbond substituents is 1. The van der Waals surface area contributed by atoms with Gasteiger partial charge in [-0.1, -0.05) is 23.4 Å². The van der Waals surface area contributed by atoms with E-state index in [4.69, 9.17) is 0 Å². The molecule has 8 nitrogen and oxygen atoms in total. The molecule has 0 fully saturated rings. The maximum atomic E-state index is 12.4. The van der Waals surface area contributed by atoms with Gasteiger partial charge in [0.15, 0.2) is 5.69 Å². The number of carbonyl (C=O) groups excluding carboxylic acids is 2. The number of fused-ring (bicyclic) bond motifs is 1. The Bertz CT molecular complexity index is 948. The van der Waals surface area contributed by atoms with Crippen molar-refractivity contribution in [1.82, 2.24) is 19.9 Å². The van der Waals surface area contributed by atoms with Gasteiger partial charge in [-0.25, -0.2) is 4.68 Å². The van der Waals surface area contributed by atoms with E-state index >= 15 is 0 Å². The fourth-order valence-corrected chi connectivity index (χ4v) is 2.32. The van der Waals surface area contributed by atoms with Gasteiger partial charge in [0.2, 0.25) is 5.91 Å². The number of nitrogens with one attached hydrogen (secondary N) is 1. The molecule has 25 heavy (non-hydrogen) atoms. The van der Waals surface area contributed by atoms with E-state index in [0.29, 0.717) is 11.1 Å². The molecule has 2 N–H and O–H groups in total. The summed E-state index contributed by atoms with van der Waals surface area (Å²) >= 11 is 0. The standard InChI is InChI=1S/C17H17N5O3/c1-21(2)16(24)10-22-9-15(19-20-22)17(25)18-14-5-3-4-11-6-7-12(23)8-13(11)14/h3-9,23H,10H2,1-2H3,(H,18,25). The van der Waals surface area contributed by atoms with Gasteiger partial charge < -0.3 is 15.3 Å². The predicted octanol–water partition coefficient (Wildman–Crippen LogP) is 1.48. The number of phenols is 1. The van der Waals surface area contributed by atoms with E-state index in [1.165, 1.54) is 15.8 Å². The summed E-state index contributed by atoms with van der Waals surface area (Å²) in [5.74, 6) is -0.483. The average Bonchev–Trinajstić information content (AvgIpc) is 3.04. The van der Waals surface area contributed by atoms with Crippen molar-refractivity contribution in [3.63, 3.8) is 0 Å². The number of aromatic nitrogens is 3. The van der Waals surface area contributed by atoms with Crippen LogP contribution in [0.1, 0.15) is 10.5 Å². The minimum Gasteiger partial charge on any atom is -0.508 e. The lowest BCUT2D eigenvalue weighted by Crippen LogP contribution is -2.26. The minimum atomic E-state index is -0.445. The lowest BCUT2D eigenvalue weighted by molar-refractivity contribution is -0.129. The molecule has 0 aliphatic carbocycles. The maximum absolute atomic E-state index is 12.4. The van der Waals surface area contributed by atoms with Crippen molar-refractivity contribution in [2.24, 2.45) is 0 Å². The highest BCUT2D eigenvalue weighted by Crippen LogP contribution is 2.27. The molecule has 0 atom stereocenters. The van der Waals surface area contributed by atoms with Gasteiger partial charge in [0.1, 0.15) is 12.3 Å². The van der Waals surface area contributed by atoms with Crippen LogP contribution in [0.4, 0.5) is 5.69 Å². The van der Waals surface area contributed by atoms with Gasteiger partial charge in [-0.15, -0.1) is 5.10 Å². The summed E-state index contributed by atoms with van der Waals surface area (Å²) < 4.78 is 1.31. The number of aromatic hydroxyl groups is 1. The first-order chi connectivity index (χ1) is 11.9. The Hall–Kier alpha value is -3.42. The number of amides is 2. The van der Waals surface area contributed by atoms with Gasteiger partial charge >= 0.3 is 0 Å². The molecular formula is C17H17N5O3. The van der Waals surface area contributed by atoms with E-state index in [1.807, 2.05) is 12.1 Å². The number of anilines is 1. The minimum absolute atomic E-state index is 0.00935. The zero-order valence-corrected chi connectivity index (χ0v) is 13.8. The normalized spacial score (nSPS) is 10.6. The summed E-state index contributed by atoms with van der Waals surface area (Å²) in [6.07, 6.45) is 1.42. The Labute approximate surface area is 143 Å². The van der Waals surface area contributed by atoms with E-state index in [-0.39, 0.29) is 23.9 Å². The molecule has 0 saturated carbocycles. The Morgan fingerprint density at radius 3 is 2.80 bits per heavy atom. The topological polar surface area (TPSA) is 100 Å². The molecule has 128 valence electrons. The first-order valence-electron chi connectivity index (χ1n) is 7.57. The first-order valence-corrected chi connectivity index (χ1v) is 7.57. The zero-order chi connectivity index (χ0) is 18.0. The molecule has 0 saturated heterocycles. The van der Waals surface area contributed by atoms with Gasteiger partial charge in [0.25, 0.3) is 5.91 Å². The lowest BCUT2D eigenvalue weighted by atomic mass is 10.1. The largest absolute Gasteiger partial charge is 0.508 e. The van der Waals surface area contributed by atoms with Crippen molar-refractivity contribution in [1.29, 1.82) is 0 Å². The summed E-state index contributed by atoms with van der Waals surface area (Å²) in [5, 5.41) is 21.6. The van der Waals surface area contributed by atoms with E-state index in [2.05, 4.69) is 15.6 Å². The van der Waals surface area contributed by atoms with Gasteiger partial charge in [-0.3, -0.25) is 9.59 Å². The Morgan fingerprint density at radius 2 is 2.04 bits per heavy atom. The highest BCUT2D eigenvalue weighted by Gasteiger charge is 2.14. The average molecular weight is 339 g/mol. The second-order valence-corrected chi connectivity index (χ2v) is 5.75. The molecule has 3 rings (SSSR count). The van der Waals surface area contributed by atoms with Crippen LogP contribution in [0.15, 0.2) is 42.6 Å². The van der Waals surface area contributed by atoms with Crippen LogP contribution in [-0.2, 0) is 11.3 Å². The Kier molecular flexibility index (Phi) is 4.34. The van der Waals surface area contributed by atoms with Gasteiger partial charge in [0.05, 0.1) is 6.20 Å². The quantitative estimate of drug-likeness (QED) is 0.750. The summed E-state index contributed by atoms with van der Waals surface area (Å²) in [5.41, 5.74) is 0.654. The fourth-order valence-electron chi connectivity index (χ4n) is 2.32. The van der Waals surface area contributed by atoms with Crippen LogP contribution in [0.3, 0.4) is 0 Å². The first kappa shape index (κ1) is 16.4. The summed E-state index contributed by atoms with van der Waals surface area (Å²) in [7, 11) is 3.28. The van der Waals surface area contributed by atoms with Crippen molar-refractivity contribution < 1.29 is 14.7 Å². The van der Waals surface area contributed by atoms with Crippen LogP contribution in [0.2, 0.25) is 0 Å². The van der Waals surface area contributed by atoms with Crippen molar-refractivity contribution >= 4 is 28.3 Å². The third-order valence-corrected chi connectivity index (χ3v) is 3.68. The van der Waals surface area contributed by atoms with E-state index in [1.54, 1.807) is 38.4 Å². The van der Waals surface area contributed by atoms with E-state index in [0.717, 1.165) is 5.39 Å². The molecule has 1 aromatic heterocycles. The number of likely N-dealkylation sites (N-methyl/N-ethyl adjacent to an activating group) is 1. The number of hydrogen-bond acceptors (Lipinski definition) is 5. The molecular weight excluding hydrogens is 322 g/mol. The number of benzene rings is 2. The van der Waals surface area contributed by atoms with Crippen molar-refractivity contribution in [2.45, 2.75) is 6.54 Å². The van der Waals surface area contributed by atoms with Crippen molar-refractivity contribution in [2.75, 3.05) is 19.4 Å². The molecule has 0 spiro atoms. The van der Waals surface area contributed by atoms with Gasteiger partial charge in [0, 0.05) is 25.2 Å². The van der Waals surface area contributed by atoms with E-state index in [9.17, 15) is 14.7 Å². The molecule has 0 bridgehead atoms. The smallest absolute Gasteiger partial charge is 0.277 e. The van der Waals surface area contributed by atoms with Crippen molar-refractivity contribution in [3.05, 3.63) is 48.3 Å². The lowest BCUT2D eigenvalue weighted by Gasteiger charge is -2.09. The molecule has 0 aliphatic heterocycles. The second kappa shape index (κ2) is 6.60. The molecule has 3 aromatic rings.